The van der Waals surface area contributed by atoms with E-state index in [0.29, 0.717) is 0 Å². The minimum atomic E-state index is -0.750. The average molecular weight is 312 g/mol. The van der Waals surface area contributed by atoms with Gasteiger partial charge in [-0.15, -0.1) is 0 Å². The minimum Gasteiger partial charge on any atom is -0.852 e. The largest absolute Gasteiger partial charge is 2.00 e. The van der Waals surface area contributed by atoms with Crippen LogP contribution in [0.2, 0.25) is 0 Å². The second kappa shape index (κ2) is 66.5. The van der Waals surface area contributed by atoms with Crippen molar-refractivity contribution in [1.82, 2.24) is 0 Å². The van der Waals surface area contributed by atoms with E-state index >= 15 is 0 Å². The minimum absolute atomic E-state index is 0. The van der Waals surface area contributed by atoms with Crippen molar-refractivity contribution in [3.05, 3.63) is 0 Å². The fourth-order valence-corrected chi connectivity index (χ4v) is 0. The first-order valence-electron chi connectivity index (χ1n) is 1.39. The zero-order valence-corrected chi connectivity index (χ0v) is 6.66. The van der Waals surface area contributed by atoms with Crippen molar-refractivity contribution >= 4 is 34.8 Å². The summed E-state index contributed by atoms with van der Waals surface area (Å²) in [7, 11) is 0. The maximum atomic E-state index is 9.04. The Bertz CT molecular complexity index is 86.6. The van der Waals surface area contributed by atoms with E-state index in [1.54, 1.807) is 0 Å². The summed E-state index contributed by atoms with van der Waals surface area (Å²) < 4.78 is 0. The van der Waals surface area contributed by atoms with Crippen molar-refractivity contribution in [2.75, 3.05) is 0 Å². The van der Waals surface area contributed by atoms with Crippen LogP contribution in [0.5, 0.6) is 0 Å². The molecule has 0 unspecified atom stereocenters. The molecule has 7 heteroatoms. The Morgan fingerprint density at radius 2 is 0.667 bits per heavy atom. The molecule has 0 aliphatic rings. The summed E-state index contributed by atoms with van der Waals surface area (Å²) in [5.41, 5.74) is 8.57. The van der Waals surface area contributed by atoms with Crippen LogP contribution >= 0.6 is 24.4 Å². The second-order valence-corrected chi connectivity index (χ2v) is 1.44. The molecule has 0 bridgehead atoms. The van der Waals surface area contributed by atoms with Crippen molar-refractivity contribution in [1.29, 1.82) is 0 Å². The molecule has 0 atom stereocenters. The Morgan fingerprint density at radius 3 is 0.667 bits per heavy atom. The van der Waals surface area contributed by atoms with E-state index in [9.17, 15) is 0 Å². The van der Waals surface area contributed by atoms with E-state index in [-0.39, 0.29) is 61.6 Å². The van der Waals surface area contributed by atoms with Crippen LogP contribution in [0.25, 0.3) is 0 Å². The van der Waals surface area contributed by atoms with Gasteiger partial charge in [0, 0.05) is 10.3 Å². The third-order valence-corrected chi connectivity index (χ3v) is 0. The van der Waals surface area contributed by atoms with Gasteiger partial charge in [-0.1, -0.05) is 69.0 Å². The zero-order valence-electron chi connectivity index (χ0n) is 4.09. The fraction of sp³-hybridized carbons (Fsp3) is 0.750. The molecular formula is C8H28CuN2O2S2. The standard InChI is InChI=1S/2CH3NOS.6CH4.Cu/c2*2-1(3)4;;;;;;;/h2*(H3,2,3,4);6*1H4;/q;;;;;;;;+2/p-2. The van der Waals surface area contributed by atoms with Crippen LogP contribution in [0.15, 0.2) is 0 Å². The summed E-state index contributed by atoms with van der Waals surface area (Å²) in [4.78, 5) is 0. The molecule has 0 heterocycles. The van der Waals surface area contributed by atoms with Crippen LogP contribution in [-0.4, -0.2) is 10.3 Å². The molecule has 0 aliphatic carbocycles. The monoisotopic (exact) mass is 311 g/mol. The van der Waals surface area contributed by atoms with E-state index in [1.807, 2.05) is 0 Å². The van der Waals surface area contributed by atoms with Gasteiger partial charge in [0.2, 0.25) is 0 Å². The van der Waals surface area contributed by atoms with Gasteiger partial charge in [-0.25, -0.2) is 0 Å². The summed E-state index contributed by atoms with van der Waals surface area (Å²) in [6, 6.07) is 0. The number of thiocarbonyl (C=S) groups is 2. The normalized spacial score (nSPS) is 3.20. The van der Waals surface area contributed by atoms with E-state index in [2.05, 4.69) is 35.9 Å². The van der Waals surface area contributed by atoms with Crippen molar-refractivity contribution < 1.29 is 27.3 Å². The molecule has 15 heavy (non-hydrogen) atoms. The third-order valence-electron chi connectivity index (χ3n) is 0. The molecule has 0 aromatic heterocycles. The van der Waals surface area contributed by atoms with Crippen LogP contribution in [0.1, 0.15) is 44.6 Å². The Hall–Kier alpha value is -0.101. The third kappa shape index (κ3) is 195000. The number of rotatable bonds is 0. The molecule has 0 amide bonds. The van der Waals surface area contributed by atoms with Crippen molar-refractivity contribution in [3.8, 4) is 0 Å². The molecule has 1 radical (unpaired) electrons. The van der Waals surface area contributed by atoms with E-state index in [0.717, 1.165) is 0 Å². The molecule has 4 N–H and O–H groups in total. The Labute approximate surface area is 118 Å². The van der Waals surface area contributed by atoms with Crippen molar-refractivity contribution in [2.45, 2.75) is 44.6 Å². The van der Waals surface area contributed by atoms with Gasteiger partial charge in [-0.05, 0) is 0 Å². The van der Waals surface area contributed by atoms with Crippen LogP contribution in [0.3, 0.4) is 0 Å². The van der Waals surface area contributed by atoms with Crippen LogP contribution in [0.4, 0.5) is 0 Å². The molecule has 0 rings (SSSR count). The first-order valence-corrected chi connectivity index (χ1v) is 2.21. The quantitative estimate of drug-likeness (QED) is 0.511. The molecular weight excluding hydrogens is 284 g/mol. The Kier molecular flexibility index (Phi) is 366. The van der Waals surface area contributed by atoms with Crippen molar-refractivity contribution in [2.24, 2.45) is 11.5 Å². The van der Waals surface area contributed by atoms with E-state index < -0.39 is 10.3 Å². The van der Waals surface area contributed by atoms with Gasteiger partial charge in [0.1, 0.15) is 0 Å². The van der Waals surface area contributed by atoms with Gasteiger partial charge in [-0.2, -0.15) is 0 Å². The topological polar surface area (TPSA) is 98.2 Å². The maximum absolute atomic E-state index is 9.04. The van der Waals surface area contributed by atoms with E-state index in [1.165, 1.54) is 0 Å². The van der Waals surface area contributed by atoms with Crippen LogP contribution in [-0.2, 0) is 17.1 Å². The summed E-state index contributed by atoms with van der Waals surface area (Å²) in [5, 5.41) is 16.6. The number of hydrogen-bond acceptors (Lipinski definition) is 4. The first-order chi connectivity index (χ1) is 3.46. The number of nitrogens with two attached hydrogens (primary N) is 2. The Morgan fingerprint density at radius 1 is 0.667 bits per heavy atom. The molecule has 0 fully saturated rings. The summed E-state index contributed by atoms with van der Waals surface area (Å²) in [6.07, 6.45) is 0. The van der Waals surface area contributed by atoms with Crippen LogP contribution < -0.4 is 21.7 Å². The molecule has 0 aliphatic heterocycles. The average Bonchev–Trinajstić information content (AvgIpc) is 1.25. The van der Waals surface area contributed by atoms with Crippen molar-refractivity contribution in [3.63, 3.8) is 0 Å². The second-order valence-electron chi connectivity index (χ2n) is 0.638. The summed E-state index contributed by atoms with van der Waals surface area (Å²) in [6.45, 7) is 0. The van der Waals surface area contributed by atoms with E-state index in [4.69, 9.17) is 10.2 Å². The van der Waals surface area contributed by atoms with Gasteiger partial charge in [0.05, 0.1) is 0 Å². The van der Waals surface area contributed by atoms with Gasteiger partial charge < -0.3 is 21.7 Å². The smallest absolute Gasteiger partial charge is 0.852 e. The van der Waals surface area contributed by atoms with Crippen LogP contribution in [0, 0.1) is 0 Å². The molecule has 0 aromatic rings. The molecule has 0 saturated heterocycles. The summed E-state index contributed by atoms with van der Waals surface area (Å²) >= 11 is 7.52. The molecule has 0 spiro atoms. The zero-order chi connectivity index (χ0) is 7.15. The fourth-order valence-electron chi connectivity index (χ4n) is 0. The Balaban J connectivity index is -0.00000000468. The number of hydrogen-bond donors (Lipinski definition) is 2. The predicted molar refractivity (Wildman–Crippen MR) is 74.0 cm³/mol. The first kappa shape index (κ1) is 82.7. The predicted octanol–water partition coefficient (Wildman–Crippen LogP) is 0.995. The van der Waals surface area contributed by atoms with Gasteiger partial charge >= 0.3 is 17.1 Å². The summed E-state index contributed by atoms with van der Waals surface area (Å²) in [5.74, 6) is 0. The van der Waals surface area contributed by atoms with Gasteiger partial charge in [0.15, 0.2) is 0 Å². The molecule has 105 valence electrons. The van der Waals surface area contributed by atoms with Gasteiger partial charge in [-0.3, -0.25) is 0 Å². The van der Waals surface area contributed by atoms with Gasteiger partial charge in [0.25, 0.3) is 0 Å². The molecule has 4 nitrogen and oxygen atoms in total. The molecule has 0 aromatic carbocycles. The molecule has 0 saturated carbocycles. The SMILES string of the molecule is C.C.C.C.C.C.NC([O-])=S.NC([O-])=S.[Cu+2]. The maximum Gasteiger partial charge on any atom is 2.00 e.